The van der Waals surface area contributed by atoms with Gasteiger partial charge in [-0.15, -0.1) is 0 Å². The molecule has 0 spiro atoms. The lowest BCUT2D eigenvalue weighted by Gasteiger charge is -2.21. The zero-order valence-corrected chi connectivity index (χ0v) is 10.8. The molecule has 2 atom stereocenters. The van der Waals surface area contributed by atoms with Crippen LogP contribution in [0.2, 0.25) is 0 Å². The molecular weight excluding hydrogens is 252 g/mol. The number of rotatable bonds is 5. The summed E-state index contributed by atoms with van der Waals surface area (Å²) in [6.45, 7) is 2.22. The molecule has 5 N–H and O–H groups in total. The van der Waals surface area contributed by atoms with Crippen LogP contribution < -0.4 is 5.32 Å². The minimum absolute atomic E-state index is 0.0212. The molecule has 0 aliphatic carbocycles. The fraction of sp³-hybridized carbons (Fsp3) is 0.500. The minimum atomic E-state index is -1.43. The van der Waals surface area contributed by atoms with E-state index < -0.39 is 18.8 Å². The van der Waals surface area contributed by atoms with Crippen molar-refractivity contribution in [3.63, 3.8) is 0 Å². The molecule has 7 heteroatoms. The number of aromatic hydroxyl groups is 1. The van der Waals surface area contributed by atoms with E-state index in [9.17, 15) is 20.1 Å². The van der Waals surface area contributed by atoms with E-state index in [0.717, 1.165) is 0 Å². The van der Waals surface area contributed by atoms with E-state index in [1.54, 1.807) is 0 Å². The number of aromatic nitrogens is 1. The predicted octanol–water partition coefficient (Wildman–Crippen LogP) is -0.882. The van der Waals surface area contributed by atoms with Gasteiger partial charge in [-0.05, 0) is 6.92 Å². The van der Waals surface area contributed by atoms with Gasteiger partial charge in [0.1, 0.15) is 18.0 Å². The zero-order valence-electron chi connectivity index (χ0n) is 10.8. The first-order valence-electron chi connectivity index (χ1n) is 5.77. The molecule has 106 valence electrons. The first-order chi connectivity index (χ1) is 8.88. The molecule has 1 amide bonds. The second-order valence-electron chi connectivity index (χ2n) is 4.24. The first kappa shape index (κ1) is 15.4. The Hall–Kier alpha value is -1.70. The molecule has 0 saturated heterocycles. The maximum Gasteiger partial charge on any atom is 0.216 e. The summed E-state index contributed by atoms with van der Waals surface area (Å²) in [5.41, 5.74) is 0.517. The van der Waals surface area contributed by atoms with E-state index in [0.29, 0.717) is 0 Å². The Balaban J connectivity index is 3.00. The maximum absolute atomic E-state index is 10.7. The summed E-state index contributed by atoms with van der Waals surface area (Å²) in [7, 11) is 0. The van der Waals surface area contributed by atoms with Gasteiger partial charge in [0.05, 0.1) is 12.3 Å². The molecular formula is C12H18N2O5. The standard InChI is InChI=1S/C12H18N2O5/c1-6-11(18)10(8(5-15)3-13-6)12(19)9(17)4-14-7(2)16/h3,9,12,15,17-19H,4-5H2,1-2H3,(H,14,16). The highest BCUT2D eigenvalue weighted by Gasteiger charge is 2.25. The molecule has 1 rings (SSSR count). The quantitative estimate of drug-likeness (QED) is 0.473. The number of aliphatic hydroxyl groups excluding tert-OH is 3. The fourth-order valence-electron chi connectivity index (χ4n) is 1.66. The van der Waals surface area contributed by atoms with E-state index in [2.05, 4.69) is 10.3 Å². The molecule has 0 aliphatic rings. The average molecular weight is 270 g/mol. The molecule has 0 aromatic carbocycles. The largest absolute Gasteiger partial charge is 0.506 e. The van der Waals surface area contributed by atoms with Crippen molar-refractivity contribution in [2.75, 3.05) is 6.54 Å². The summed E-state index contributed by atoms with van der Waals surface area (Å²) in [5, 5.41) is 41.2. The molecule has 1 aromatic heterocycles. The van der Waals surface area contributed by atoms with E-state index in [1.807, 2.05) is 0 Å². The van der Waals surface area contributed by atoms with Crippen molar-refractivity contribution in [1.82, 2.24) is 10.3 Å². The minimum Gasteiger partial charge on any atom is -0.506 e. The van der Waals surface area contributed by atoms with E-state index >= 15 is 0 Å². The van der Waals surface area contributed by atoms with E-state index in [-0.39, 0.29) is 35.0 Å². The summed E-state index contributed by atoms with van der Waals surface area (Å²) >= 11 is 0. The van der Waals surface area contributed by atoms with Crippen LogP contribution in [0.3, 0.4) is 0 Å². The van der Waals surface area contributed by atoms with Crippen LogP contribution in [0.4, 0.5) is 0 Å². The Bertz CT molecular complexity index is 464. The first-order valence-corrected chi connectivity index (χ1v) is 5.77. The third-order valence-electron chi connectivity index (χ3n) is 2.75. The second-order valence-corrected chi connectivity index (χ2v) is 4.24. The van der Waals surface area contributed by atoms with Crippen molar-refractivity contribution in [2.24, 2.45) is 0 Å². The number of nitrogens with one attached hydrogen (secondary N) is 1. The Morgan fingerprint density at radius 2 is 2.11 bits per heavy atom. The second kappa shape index (κ2) is 6.46. The molecule has 1 aromatic rings. The Kier molecular flexibility index (Phi) is 5.22. The van der Waals surface area contributed by atoms with Crippen LogP contribution in [0, 0.1) is 6.92 Å². The number of hydrogen-bond acceptors (Lipinski definition) is 6. The molecule has 0 bridgehead atoms. The van der Waals surface area contributed by atoms with Gasteiger partial charge in [-0.3, -0.25) is 9.78 Å². The maximum atomic E-state index is 10.7. The van der Waals surface area contributed by atoms with Crippen molar-refractivity contribution < 1.29 is 25.2 Å². The Morgan fingerprint density at radius 1 is 1.47 bits per heavy atom. The molecule has 0 fully saturated rings. The lowest BCUT2D eigenvalue weighted by Crippen LogP contribution is -2.34. The molecule has 0 saturated carbocycles. The zero-order chi connectivity index (χ0) is 14.6. The van der Waals surface area contributed by atoms with Crippen LogP contribution in [0.25, 0.3) is 0 Å². The SMILES string of the molecule is CC(=O)NCC(O)C(O)c1c(CO)cnc(C)c1O. The van der Waals surface area contributed by atoms with Gasteiger partial charge >= 0.3 is 0 Å². The van der Waals surface area contributed by atoms with Gasteiger partial charge in [-0.25, -0.2) is 0 Å². The average Bonchev–Trinajstić information content (AvgIpc) is 2.38. The number of aryl methyl sites for hydroxylation is 1. The van der Waals surface area contributed by atoms with Gasteiger partial charge in [-0.1, -0.05) is 0 Å². The lowest BCUT2D eigenvalue weighted by atomic mass is 9.98. The highest BCUT2D eigenvalue weighted by molar-refractivity contribution is 5.72. The summed E-state index contributed by atoms with van der Waals surface area (Å²) in [6.07, 6.45) is -1.42. The predicted molar refractivity (Wildman–Crippen MR) is 66.2 cm³/mol. The number of amides is 1. The van der Waals surface area contributed by atoms with Crippen molar-refractivity contribution in [3.05, 3.63) is 23.0 Å². The third-order valence-corrected chi connectivity index (χ3v) is 2.75. The number of aliphatic hydroxyl groups is 3. The van der Waals surface area contributed by atoms with Crippen LogP contribution in [0.1, 0.15) is 29.8 Å². The number of nitrogens with zero attached hydrogens (tertiary/aromatic N) is 1. The monoisotopic (exact) mass is 270 g/mol. The summed E-state index contributed by atoms with van der Waals surface area (Å²) < 4.78 is 0. The van der Waals surface area contributed by atoms with Gasteiger partial charge in [0.25, 0.3) is 0 Å². The van der Waals surface area contributed by atoms with Crippen molar-refractivity contribution in [2.45, 2.75) is 32.7 Å². The molecule has 7 nitrogen and oxygen atoms in total. The number of pyridine rings is 1. The van der Waals surface area contributed by atoms with Gasteiger partial charge < -0.3 is 25.7 Å². The normalized spacial score (nSPS) is 13.9. The molecule has 0 radical (unpaired) electrons. The summed E-state index contributed by atoms with van der Waals surface area (Å²) in [5.74, 6) is -0.621. The molecule has 0 aliphatic heterocycles. The topological polar surface area (TPSA) is 123 Å². The highest BCUT2D eigenvalue weighted by Crippen LogP contribution is 2.31. The summed E-state index contributed by atoms with van der Waals surface area (Å²) in [6, 6.07) is 0. The Morgan fingerprint density at radius 3 is 2.63 bits per heavy atom. The van der Waals surface area contributed by atoms with Crippen LogP contribution >= 0.6 is 0 Å². The molecule has 1 heterocycles. The number of carbonyl (C=O) groups excluding carboxylic acids is 1. The Labute approximate surface area is 110 Å². The smallest absolute Gasteiger partial charge is 0.216 e. The van der Waals surface area contributed by atoms with Gasteiger partial charge in [-0.2, -0.15) is 0 Å². The fourth-order valence-corrected chi connectivity index (χ4v) is 1.66. The van der Waals surface area contributed by atoms with Crippen molar-refractivity contribution >= 4 is 5.91 Å². The van der Waals surface area contributed by atoms with E-state index in [1.165, 1.54) is 20.0 Å². The number of carbonyl (C=O) groups is 1. The highest BCUT2D eigenvalue weighted by atomic mass is 16.3. The van der Waals surface area contributed by atoms with Crippen LogP contribution in [0.5, 0.6) is 5.75 Å². The van der Waals surface area contributed by atoms with Crippen molar-refractivity contribution in [3.8, 4) is 5.75 Å². The lowest BCUT2D eigenvalue weighted by molar-refractivity contribution is -0.119. The molecule has 19 heavy (non-hydrogen) atoms. The van der Waals surface area contributed by atoms with E-state index in [4.69, 9.17) is 5.11 Å². The van der Waals surface area contributed by atoms with Gasteiger partial charge in [0, 0.05) is 30.8 Å². The number of hydrogen-bond donors (Lipinski definition) is 5. The van der Waals surface area contributed by atoms with Crippen LogP contribution in [-0.2, 0) is 11.4 Å². The van der Waals surface area contributed by atoms with Gasteiger partial charge in [0.2, 0.25) is 5.91 Å². The van der Waals surface area contributed by atoms with Crippen LogP contribution in [0.15, 0.2) is 6.20 Å². The summed E-state index contributed by atoms with van der Waals surface area (Å²) in [4.78, 5) is 14.6. The molecule has 2 unspecified atom stereocenters. The van der Waals surface area contributed by atoms with Gasteiger partial charge in [0.15, 0.2) is 0 Å². The third kappa shape index (κ3) is 3.63. The van der Waals surface area contributed by atoms with Crippen molar-refractivity contribution in [1.29, 1.82) is 0 Å². The van der Waals surface area contributed by atoms with Crippen LogP contribution in [-0.4, -0.2) is 44.0 Å².